The van der Waals surface area contributed by atoms with Gasteiger partial charge in [-0.3, -0.25) is 15.0 Å². The summed E-state index contributed by atoms with van der Waals surface area (Å²) in [5.41, 5.74) is 27.0. The molecule has 0 spiro atoms. The van der Waals surface area contributed by atoms with Crippen molar-refractivity contribution in [1.82, 2.24) is 72.0 Å². The first-order chi connectivity index (χ1) is 60.4. The van der Waals surface area contributed by atoms with Gasteiger partial charge in [-0.2, -0.15) is 38.2 Å². The number of hydrogen-bond acceptors (Lipinski definition) is 12. The van der Waals surface area contributed by atoms with Gasteiger partial charge in [-0.25, -0.2) is 15.0 Å². The van der Waals surface area contributed by atoms with Crippen LogP contribution in [0.5, 0.6) is 0 Å². The van der Waals surface area contributed by atoms with Crippen molar-refractivity contribution in [3.05, 3.63) is 385 Å². The number of pyridine rings is 3. The molecular formula is C105H75N18Pt3-9. The topological polar surface area (TPSA) is 126 Å². The van der Waals surface area contributed by atoms with Crippen molar-refractivity contribution < 1.29 is 63.2 Å². The average molecular weight is 2170 g/mol. The summed E-state index contributed by atoms with van der Waals surface area (Å²) >= 11 is 0. The van der Waals surface area contributed by atoms with Gasteiger partial charge in [0.15, 0.2) is 0 Å². The summed E-state index contributed by atoms with van der Waals surface area (Å²) in [5, 5.41) is 6.50. The maximum absolute atomic E-state index is 5.08. The average Bonchev–Trinajstić information content (AvgIpc) is 1.59. The smallest absolute Gasteiger partial charge is 0.132 e. The Labute approximate surface area is 771 Å². The van der Waals surface area contributed by atoms with Crippen molar-refractivity contribution >= 4 is 116 Å². The van der Waals surface area contributed by atoms with E-state index < -0.39 is 0 Å². The molecule has 12 heterocycles. The Hall–Kier alpha value is -14.0. The van der Waals surface area contributed by atoms with E-state index in [-0.39, 0.29) is 63.2 Å². The Morgan fingerprint density at radius 3 is 1.06 bits per heavy atom. The van der Waals surface area contributed by atoms with E-state index in [4.69, 9.17) is 29.9 Å². The van der Waals surface area contributed by atoms with Gasteiger partial charge in [0.2, 0.25) is 0 Å². The Bertz CT molecular complexity index is 7650. The summed E-state index contributed by atoms with van der Waals surface area (Å²) in [7, 11) is 12.3. The summed E-state index contributed by atoms with van der Waals surface area (Å²) in [6, 6.07) is 116. The first-order valence-electron chi connectivity index (χ1n) is 40.6. The molecule has 0 amide bonds. The molecule has 24 rings (SSSR count). The molecule has 0 atom stereocenters. The van der Waals surface area contributed by atoms with Crippen LogP contribution >= 0.6 is 0 Å². The Balaban J connectivity index is 0.000000122. The summed E-state index contributed by atoms with van der Waals surface area (Å²) in [6.45, 7) is 6.08. The van der Waals surface area contributed by atoms with Crippen LogP contribution in [0.15, 0.2) is 329 Å². The monoisotopic (exact) mass is 2170 g/mol. The van der Waals surface area contributed by atoms with Gasteiger partial charge in [-0.05, 0) is 167 Å². The molecule has 0 aliphatic carbocycles. The third kappa shape index (κ3) is 14.6. The number of aryl methyl sites for hydroxylation is 3. The van der Waals surface area contributed by atoms with E-state index in [2.05, 4.69) is 336 Å². The second kappa shape index (κ2) is 33.9. The molecule has 9 aromatic heterocycles. The fraction of sp³-hybridized carbons (Fsp3) is 0.0571. The molecule has 12 aromatic carbocycles. The van der Waals surface area contributed by atoms with Crippen LogP contribution in [0.3, 0.4) is 0 Å². The molecule has 0 fully saturated rings. The van der Waals surface area contributed by atoms with Crippen LogP contribution in [0.4, 0.5) is 17.1 Å². The minimum absolute atomic E-state index is 0. The summed E-state index contributed by atoms with van der Waals surface area (Å²) in [5.74, 6) is 2.61. The summed E-state index contributed by atoms with van der Waals surface area (Å²) < 4.78 is 12.9. The maximum Gasteiger partial charge on any atom is 0.132 e. The normalized spacial score (nSPS) is 13.0. The van der Waals surface area contributed by atoms with E-state index in [1.807, 2.05) is 148 Å². The minimum Gasteiger partial charge on any atom is -0.510 e. The molecule has 0 N–H and O–H groups in total. The van der Waals surface area contributed by atoms with Crippen LogP contribution in [-0.4, -0.2) is 93.1 Å². The molecule has 624 valence electrons. The number of imidazole rings is 3. The van der Waals surface area contributed by atoms with Gasteiger partial charge in [0.05, 0.1) is 50.6 Å². The number of hydrogen-bond donors (Lipinski definition) is 0. The quantitative estimate of drug-likeness (QED) is 0.108. The molecule has 0 saturated heterocycles. The minimum atomic E-state index is 0. The van der Waals surface area contributed by atoms with Gasteiger partial charge in [0.25, 0.3) is 0 Å². The summed E-state index contributed by atoms with van der Waals surface area (Å²) in [4.78, 5) is 41.8. The maximum atomic E-state index is 5.08. The van der Waals surface area contributed by atoms with Crippen molar-refractivity contribution in [2.24, 2.45) is 21.1 Å². The number of para-hydroxylation sites is 1. The SMILES string of the molecule is CN1C=CN(c2[c-]c(-n3c4[c-]c(-c5nc6cc(-c7ccccc7)ccc6n5C)ccc4c4cccnc43)ccc2)[CH-]1.CN1C=CN(c2[c-]c(-n3c4[c-]c(-c5nc6ccc(-c7ccccc7)cc6n5C)ccc4c4cccnc43)ccc2)[CH-]1.CN1C=CN(c2[c-]c(-n3c4[c-]c(-c5nc6cccc(-c7ccccc7)c6n5C)ccc4c4cccnc43)ccc2)[CH-]1.[Pt].[Pt].[Pt]. The molecule has 3 aliphatic rings. The third-order valence-corrected chi connectivity index (χ3v) is 23.1. The predicted molar refractivity (Wildman–Crippen MR) is 495 cm³/mol. The fourth-order valence-electron chi connectivity index (χ4n) is 17.2. The van der Waals surface area contributed by atoms with Crippen LogP contribution in [0.1, 0.15) is 0 Å². The number of fused-ring (bicyclic) bond motifs is 12. The Morgan fingerprint density at radius 1 is 0.262 bits per heavy atom. The standard InChI is InChI=1S/3C35H25N6.3Pt/c1-38-19-20-40(23-38)26-11-6-12-27(22-26)41-32-21-25(16-17-29(32)30-14-8-18-36-35(30)41)34-37-31-15-7-13-28(33(31)39(34)2)24-9-4-3-5-10-24;1-38-18-19-40(23-38)27-10-6-11-28(22-27)41-33-21-26(13-15-29(33)30-12-7-17-36-35(30)41)34-37-31-20-25(14-16-32(31)39(34)2)24-8-4-3-5-9-24;1-38-18-19-40(23-38)27-10-6-11-28(22-27)41-32-21-26(13-15-29(32)30-12-7-17-36-35(30)41)34-37-31-16-14-25(20-33(31)39(34)2)24-8-4-3-5-9-24;;;/h3*3-20,23H,1-2H3;;;/q3*-3;;;. The van der Waals surface area contributed by atoms with E-state index in [0.717, 1.165) is 178 Å². The van der Waals surface area contributed by atoms with E-state index >= 15 is 0 Å². The van der Waals surface area contributed by atoms with Crippen molar-refractivity contribution in [1.29, 1.82) is 0 Å². The van der Waals surface area contributed by atoms with Crippen LogP contribution in [0, 0.1) is 56.4 Å². The number of anilines is 3. The first-order valence-corrected chi connectivity index (χ1v) is 40.6. The molecule has 0 bridgehead atoms. The van der Waals surface area contributed by atoms with E-state index in [9.17, 15) is 0 Å². The molecule has 0 saturated carbocycles. The molecular weight excluding hydrogens is 2100 g/mol. The Kier molecular flexibility index (Phi) is 22.0. The second-order valence-electron chi connectivity index (χ2n) is 30.9. The molecule has 18 nitrogen and oxygen atoms in total. The zero-order chi connectivity index (χ0) is 82.5. The molecule has 126 heavy (non-hydrogen) atoms. The van der Waals surface area contributed by atoms with Crippen molar-refractivity contribution in [3.63, 3.8) is 0 Å². The zero-order valence-corrected chi connectivity index (χ0v) is 75.7. The Morgan fingerprint density at radius 2 is 0.635 bits per heavy atom. The van der Waals surface area contributed by atoms with E-state index in [1.54, 1.807) is 0 Å². The molecule has 21 aromatic rings. The number of rotatable bonds is 12. The van der Waals surface area contributed by atoms with Gasteiger partial charge in [0.1, 0.15) is 16.9 Å². The van der Waals surface area contributed by atoms with Crippen LogP contribution < -0.4 is 14.7 Å². The molecule has 21 heteroatoms. The predicted octanol–water partition coefficient (Wildman–Crippen LogP) is 22.0. The van der Waals surface area contributed by atoms with Gasteiger partial charge in [-0.1, -0.05) is 167 Å². The first kappa shape index (κ1) is 81.6. The van der Waals surface area contributed by atoms with Crippen LogP contribution in [0.25, 0.3) is 184 Å². The van der Waals surface area contributed by atoms with Gasteiger partial charge in [0, 0.05) is 108 Å². The van der Waals surface area contributed by atoms with Crippen LogP contribution in [0.2, 0.25) is 0 Å². The number of benzene rings is 12. The van der Waals surface area contributed by atoms with Crippen molar-refractivity contribution in [2.75, 3.05) is 35.8 Å². The van der Waals surface area contributed by atoms with Crippen molar-refractivity contribution in [3.8, 4) is 84.6 Å². The molecule has 0 radical (unpaired) electrons. The number of aromatic nitrogens is 12. The zero-order valence-electron chi connectivity index (χ0n) is 68.9. The molecule has 3 aliphatic heterocycles. The van der Waals surface area contributed by atoms with Crippen LogP contribution in [-0.2, 0) is 84.3 Å². The number of nitrogens with zero attached hydrogens (tertiary/aromatic N) is 18. The second-order valence-corrected chi connectivity index (χ2v) is 30.9. The fourth-order valence-corrected chi connectivity index (χ4v) is 17.2. The van der Waals surface area contributed by atoms with Gasteiger partial charge >= 0.3 is 0 Å². The van der Waals surface area contributed by atoms with Gasteiger partial charge < -0.3 is 56.8 Å². The van der Waals surface area contributed by atoms with Crippen molar-refractivity contribution in [2.45, 2.75) is 0 Å². The third-order valence-electron chi connectivity index (χ3n) is 23.1. The summed E-state index contributed by atoms with van der Waals surface area (Å²) in [6.07, 6.45) is 17.6. The van der Waals surface area contributed by atoms with E-state index in [0.29, 0.717) is 0 Å². The van der Waals surface area contributed by atoms with E-state index in [1.165, 1.54) is 22.3 Å². The molecule has 0 unspecified atom stereocenters. The largest absolute Gasteiger partial charge is 0.510 e. The van der Waals surface area contributed by atoms with Gasteiger partial charge in [-0.15, -0.1) is 143 Å².